The number of alkyl halides is 1. The number of nitrogens with zero attached hydrogens (tertiary/aromatic N) is 1. The first kappa shape index (κ1) is 36.5. The summed E-state index contributed by atoms with van der Waals surface area (Å²) in [5.41, 5.74) is 4.61. The Hall–Kier alpha value is -3.00. The van der Waals surface area contributed by atoms with E-state index in [0.29, 0.717) is 10.1 Å². The lowest BCUT2D eigenvalue weighted by atomic mass is 10.0. The second-order valence-electron chi connectivity index (χ2n) is 10.4. The molecule has 0 aromatic heterocycles. The Labute approximate surface area is 275 Å². The Morgan fingerprint density at radius 3 is 2.24 bits per heavy atom. The van der Waals surface area contributed by atoms with Gasteiger partial charge in [0.05, 0.1) is 24.5 Å². The maximum atomic E-state index is 13.1. The van der Waals surface area contributed by atoms with Gasteiger partial charge >= 0.3 is 0 Å². The number of aliphatic hydroxyl groups excluding tert-OH is 4. The molecular weight excluding hydrogens is 651 g/mol. The minimum absolute atomic E-state index is 0.0532. The SMILES string of the molecule is C[C@@H]1C[C@H](Cl)[C@@H](/C(Cl)=C/C=C/C(Cl)=C/C=C/C=C/C=C/C=C/C(O)=C2/C(=O)[C@H](CC(N)=O)N([C@@H]3OC[C@@H](O)[C@H](O)[C@H]3O)C2=O)O1. The van der Waals surface area contributed by atoms with Crippen LogP contribution in [0.4, 0.5) is 0 Å². The van der Waals surface area contributed by atoms with Gasteiger partial charge in [-0.05, 0) is 37.6 Å². The summed E-state index contributed by atoms with van der Waals surface area (Å²) in [4.78, 5) is 38.5. The minimum atomic E-state index is -1.79. The summed E-state index contributed by atoms with van der Waals surface area (Å²) in [6.45, 7) is 1.50. The third kappa shape index (κ3) is 9.74. The number of allylic oxidation sites excluding steroid dienone is 13. The first-order chi connectivity index (χ1) is 21.3. The van der Waals surface area contributed by atoms with Crippen molar-refractivity contribution in [2.24, 2.45) is 5.73 Å². The molecule has 244 valence electrons. The molecule has 8 atom stereocenters. The number of halogens is 3. The molecule has 11 nitrogen and oxygen atoms in total. The van der Waals surface area contributed by atoms with Crippen LogP contribution in [0.1, 0.15) is 19.8 Å². The Kier molecular flexibility index (Phi) is 13.8. The Balaban J connectivity index is 1.58. The van der Waals surface area contributed by atoms with E-state index in [2.05, 4.69) is 0 Å². The van der Waals surface area contributed by atoms with E-state index in [1.165, 1.54) is 12.2 Å². The number of likely N-dealkylation sites (tertiary alicyclic amines) is 1. The van der Waals surface area contributed by atoms with Crippen LogP contribution in [0.25, 0.3) is 0 Å². The van der Waals surface area contributed by atoms with E-state index >= 15 is 0 Å². The molecular formula is C31H35Cl3N2O9. The Morgan fingerprint density at radius 2 is 1.62 bits per heavy atom. The minimum Gasteiger partial charge on any atom is -0.507 e. The monoisotopic (exact) mass is 684 g/mol. The van der Waals surface area contributed by atoms with E-state index < -0.39 is 72.5 Å². The Morgan fingerprint density at radius 1 is 0.978 bits per heavy atom. The number of amides is 2. The second-order valence-corrected chi connectivity index (χ2v) is 11.8. The largest absolute Gasteiger partial charge is 0.507 e. The van der Waals surface area contributed by atoms with Gasteiger partial charge in [0.15, 0.2) is 12.0 Å². The predicted octanol–water partition coefficient (Wildman–Crippen LogP) is 2.70. The summed E-state index contributed by atoms with van der Waals surface area (Å²) in [6, 6.07) is -1.48. The number of carbonyl (C=O) groups is 3. The summed E-state index contributed by atoms with van der Waals surface area (Å²) in [5.74, 6) is -3.54. The summed E-state index contributed by atoms with van der Waals surface area (Å²) in [7, 11) is 0. The van der Waals surface area contributed by atoms with Crippen molar-refractivity contribution in [3.05, 3.63) is 94.3 Å². The molecule has 0 aromatic rings. The topological polar surface area (TPSA) is 180 Å². The molecule has 14 heteroatoms. The van der Waals surface area contributed by atoms with Gasteiger partial charge in [-0.25, -0.2) is 0 Å². The average Bonchev–Trinajstić information content (AvgIpc) is 3.44. The average molecular weight is 686 g/mol. The first-order valence-corrected chi connectivity index (χ1v) is 15.1. The number of rotatable bonds is 11. The Bertz CT molecular complexity index is 1370. The molecule has 0 saturated carbocycles. The third-order valence-electron chi connectivity index (χ3n) is 6.96. The number of ether oxygens (including phenoxy) is 2. The van der Waals surface area contributed by atoms with Crippen LogP contribution in [0.3, 0.4) is 0 Å². The van der Waals surface area contributed by atoms with Crippen molar-refractivity contribution in [3.8, 4) is 0 Å². The molecule has 3 saturated heterocycles. The zero-order valence-electron chi connectivity index (χ0n) is 24.2. The van der Waals surface area contributed by atoms with Crippen molar-refractivity contribution in [1.82, 2.24) is 4.90 Å². The van der Waals surface area contributed by atoms with Gasteiger partial charge in [0, 0.05) is 10.1 Å². The highest BCUT2D eigenvalue weighted by Crippen LogP contribution is 2.32. The maximum absolute atomic E-state index is 13.1. The summed E-state index contributed by atoms with van der Waals surface area (Å²) in [6.07, 6.45) is 12.5. The number of nitrogens with two attached hydrogens (primary N) is 1. The fourth-order valence-electron chi connectivity index (χ4n) is 4.76. The molecule has 3 aliphatic rings. The van der Waals surface area contributed by atoms with Gasteiger partial charge in [-0.3, -0.25) is 19.3 Å². The molecule has 0 aliphatic carbocycles. The van der Waals surface area contributed by atoms with Crippen molar-refractivity contribution in [3.63, 3.8) is 0 Å². The van der Waals surface area contributed by atoms with Crippen LogP contribution in [0.15, 0.2) is 94.3 Å². The van der Waals surface area contributed by atoms with Crippen LogP contribution in [0, 0.1) is 0 Å². The van der Waals surface area contributed by atoms with Crippen molar-refractivity contribution in [1.29, 1.82) is 0 Å². The quantitative estimate of drug-likeness (QED) is 0.0719. The van der Waals surface area contributed by atoms with Crippen LogP contribution in [0.5, 0.6) is 0 Å². The van der Waals surface area contributed by atoms with E-state index in [1.54, 1.807) is 54.7 Å². The van der Waals surface area contributed by atoms with Crippen molar-refractivity contribution < 1.29 is 44.3 Å². The predicted molar refractivity (Wildman–Crippen MR) is 169 cm³/mol. The molecule has 0 aromatic carbocycles. The smallest absolute Gasteiger partial charge is 0.264 e. The fourth-order valence-corrected chi connectivity index (χ4v) is 5.70. The third-order valence-corrected chi connectivity index (χ3v) is 7.96. The zero-order chi connectivity index (χ0) is 33.3. The van der Waals surface area contributed by atoms with Crippen LogP contribution in [-0.4, -0.2) is 97.7 Å². The number of hydrogen-bond donors (Lipinski definition) is 5. The molecule has 45 heavy (non-hydrogen) atoms. The van der Waals surface area contributed by atoms with Gasteiger partial charge in [-0.2, -0.15) is 0 Å². The lowest BCUT2D eigenvalue weighted by Gasteiger charge is -2.41. The summed E-state index contributed by atoms with van der Waals surface area (Å²) < 4.78 is 11.0. The number of carbonyl (C=O) groups excluding carboxylic acids is 3. The number of ketones is 1. The van der Waals surface area contributed by atoms with E-state index in [-0.39, 0.29) is 17.6 Å². The fraction of sp³-hybridized carbons (Fsp3) is 0.387. The number of primary amides is 1. The second kappa shape index (κ2) is 17.1. The normalized spacial score (nSPS) is 33.4. The van der Waals surface area contributed by atoms with Gasteiger partial charge < -0.3 is 35.6 Å². The lowest BCUT2D eigenvalue weighted by molar-refractivity contribution is -0.229. The van der Waals surface area contributed by atoms with Gasteiger partial charge in [0.1, 0.15) is 41.8 Å². The number of hydrogen-bond acceptors (Lipinski definition) is 9. The molecule has 3 fully saturated rings. The van der Waals surface area contributed by atoms with Crippen molar-refractivity contribution in [2.45, 2.75) is 67.9 Å². The van der Waals surface area contributed by atoms with Crippen LogP contribution >= 0.6 is 34.8 Å². The molecule has 3 aliphatic heterocycles. The van der Waals surface area contributed by atoms with E-state index in [4.69, 9.17) is 50.0 Å². The molecule has 3 heterocycles. The summed E-state index contributed by atoms with van der Waals surface area (Å²) >= 11 is 18.7. The molecule has 3 rings (SSSR count). The van der Waals surface area contributed by atoms with Gasteiger partial charge in [0.2, 0.25) is 5.91 Å². The highest BCUT2D eigenvalue weighted by atomic mass is 35.5. The molecule has 0 unspecified atom stereocenters. The molecule has 6 N–H and O–H groups in total. The summed E-state index contributed by atoms with van der Waals surface area (Å²) in [5, 5.41) is 41.4. The highest BCUT2D eigenvalue weighted by Gasteiger charge is 2.53. The van der Waals surface area contributed by atoms with Crippen molar-refractivity contribution >= 4 is 52.4 Å². The molecule has 0 spiro atoms. The van der Waals surface area contributed by atoms with E-state index in [1.807, 2.05) is 6.92 Å². The van der Waals surface area contributed by atoms with Crippen molar-refractivity contribution in [2.75, 3.05) is 6.61 Å². The number of Topliss-reactive ketones (excluding diaryl/α,β-unsaturated/α-hetero) is 1. The highest BCUT2D eigenvalue weighted by molar-refractivity contribution is 6.32. The molecule has 0 radical (unpaired) electrons. The van der Waals surface area contributed by atoms with Gasteiger partial charge in [0.25, 0.3) is 5.91 Å². The first-order valence-electron chi connectivity index (χ1n) is 13.9. The zero-order valence-corrected chi connectivity index (χ0v) is 26.4. The van der Waals surface area contributed by atoms with Gasteiger partial charge in [-0.1, -0.05) is 71.8 Å². The van der Waals surface area contributed by atoms with Gasteiger partial charge in [-0.15, -0.1) is 11.6 Å². The maximum Gasteiger partial charge on any atom is 0.264 e. The van der Waals surface area contributed by atoms with Crippen LogP contribution in [0.2, 0.25) is 0 Å². The molecule has 2 amide bonds. The number of aliphatic hydroxyl groups is 4. The van der Waals surface area contributed by atoms with E-state index in [9.17, 15) is 34.8 Å². The van der Waals surface area contributed by atoms with E-state index in [0.717, 1.165) is 17.4 Å². The standard InChI is InChI=1S/C31H35Cl3N2O9/c1-17-14-20(34)29(45-17)19(33)12-9-11-18(32)10-7-5-3-2-4-6-8-13-22(37)25-26(40)21(15-24(35)39)36(30(25)43)31-28(42)27(41)23(38)16-44-31/h2-13,17,20-21,23,27-29,31,37-38,41-42H,14-16H2,1H3,(H2,35,39)/b3-2+,6-4+,7-5+,11-9+,13-8+,18-10-,19-12-,25-22+/t17-,20+,21+,23-,27+,28-,29-,31-/m1/s1. The lowest BCUT2D eigenvalue weighted by Crippen LogP contribution is -2.61. The van der Waals surface area contributed by atoms with Crippen LogP contribution < -0.4 is 5.73 Å². The van der Waals surface area contributed by atoms with Crippen LogP contribution in [-0.2, 0) is 23.9 Å². The molecule has 0 bridgehead atoms.